The first kappa shape index (κ1) is 24.4. The third kappa shape index (κ3) is 5.61. The summed E-state index contributed by atoms with van der Waals surface area (Å²) in [6, 6.07) is 22.3. The molecule has 1 aliphatic rings. The van der Waals surface area contributed by atoms with Gasteiger partial charge in [-0.2, -0.15) is 9.78 Å². The largest absolute Gasteiger partial charge is 0.483 e. The van der Waals surface area contributed by atoms with E-state index < -0.39 is 0 Å². The highest BCUT2D eigenvalue weighted by Crippen LogP contribution is 2.31. The molecule has 188 valence electrons. The highest BCUT2D eigenvalue weighted by Gasteiger charge is 2.22. The van der Waals surface area contributed by atoms with Gasteiger partial charge in [-0.05, 0) is 55.7 Å². The van der Waals surface area contributed by atoms with E-state index in [4.69, 9.17) is 9.72 Å². The highest BCUT2D eigenvalue weighted by molar-refractivity contribution is 5.93. The number of nitrogens with zero attached hydrogens (tertiary/aromatic N) is 3. The lowest BCUT2D eigenvalue weighted by Crippen LogP contribution is -2.25. The average Bonchev–Trinajstić information content (AvgIpc) is 2.93. The molecular formula is C30H30N4O3. The number of aromatic nitrogens is 2. The number of rotatable bonds is 7. The molecule has 7 heteroatoms. The maximum Gasteiger partial charge on any atom is 0.282 e. The van der Waals surface area contributed by atoms with Gasteiger partial charge in [-0.15, -0.1) is 0 Å². The Balaban J connectivity index is 1.41. The second kappa shape index (κ2) is 11.2. The van der Waals surface area contributed by atoms with Crippen LogP contribution in [0.2, 0.25) is 0 Å². The first-order chi connectivity index (χ1) is 18.1. The van der Waals surface area contributed by atoms with Gasteiger partial charge in [0.2, 0.25) is 0 Å². The molecule has 1 saturated carbocycles. The summed E-state index contributed by atoms with van der Waals surface area (Å²) in [6.45, 7) is 1.79. The van der Waals surface area contributed by atoms with Gasteiger partial charge in [0.25, 0.3) is 11.5 Å². The average molecular weight is 495 g/mol. The number of para-hydroxylation sites is 3. The molecule has 1 aliphatic carbocycles. The number of anilines is 1. The topological polar surface area (TPSA) is 85.6 Å². The molecule has 0 unspecified atom stereocenters. The van der Waals surface area contributed by atoms with E-state index in [1.165, 1.54) is 11.1 Å². The summed E-state index contributed by atoms with van der Waals surface area (Å²) in [7, 11) is 0. The van der Waals surface area contributed by atoms with Crippen LogP contribution in [0.5, 0.6) is 5.75 Å². The van der Waals surface area contributed by atoms with Crippen LogP contribution < -0.4 is 15.6 Å². The molecule has 4 aromatic rings. The van der Waals surface area contributed by atoms with Crippen LogP contribution in [0.3, 0.4) is 0 Å². The second-order valence-electron chi connectivity index (χ2n) is 9.37. The fraction of sp³-hybridized carbons (Fsp3) is 0.267. The Morgan fingerprint density at radius 1 is 1.03 bits per heavy atom. The molecule has 0 radical (unpaired) electrons. The van der Waals surface area contributed by atoms with Crippen LogP contribution in [-0.4, -0.2) is 28.4 Å². The fourth-order valence-corrected chi connectivity index (χ4v) is 4.76. The zero-order valence-corrected chi connectivity index (χ0v) is 20.9. The van der Waals surface area contributed by atoms with Crippen LogP contribution in [0.4, 0.5) is 5.69 Å². The van der Waals surface area contributed by atoms with Crippen LogP contribution >= 0.6 is 0 Å². The second-order valence-corrected chi connectivity index (χ2v) is 9.37. The summed E-state index contributed by atoms with van der Waals surface area (Å²) < 4.78 is 7.28. The van der Waals surface area contributed by atoms with Gasteiger partial charge in [0.05, 0.1) is 17.1 Å². The fourth-order valence-electron chi connectivity index (χ4n) is 4.76. The Kier molecular flexibility index (Phi) is 7.40. The number of nitrogens with one attached hydrogen (secondary N) is 1. The predicted octanol–water partition coefficient (Wildman–Crippen LogP) is 5.65. The summed E-state index contributed by atoms with van der Waals surface area (Å²) in [5.41, 5.74) is 2.91. The van der Waals surface area contributed by atoms with E-state index in [1.54, 1.807) is 18.3 Å². The minimum Gasteiger partial charge on any atom is -0.483 e. The normalized spacial score (nSPS) is 14.2. The summed E-state index contributed by atoms with van der Waals surface area (Å²) in [4.78, 5) is 30.8. The zero-order valence-electron chi connectivity index (χ0n) is 20.9. The van der Waals surface area contributed by atoms with E-state index in [1.807, 2.05) is 67.6 Å². The van der Waals surface area contributed by atoms with Crippen molar-refractivity contribution in [2.75, 3.05) is 11.9 Å². The number of carbonyl (C=O) groups is 1. The van der Waals surface area contributed by atoms with Crippen LogP contribution in [0.1, 0.15) is 55.0 Å². The van der Waals surface area contributed by atoms with Crippen LogP contribution in [0, 0.1) is 6.92 Å². The standard InChI is InChI=1S/C30H30N4O3/c1-21-11-5-8-16-25(21)32-28(35)20-37-27-18-10-6-14-23(27)19-31-34-29(22-12-3-2-4-13-22)33-26-17-9-7-15-24(26)30(34)36/h5-11,14-19,22H,2-4,12-13,20H2,1H3,(H,32,35). The van der Waals surface area contributed by atoms with Gasteiger partial charge in [0.1, 0.15) is 11.6 Å². The van der Waals surface area contributed by atoms with Crippen molar-refractivity contribution in [1.29, 1.82) is 0 Å². The molecule has 0 saturated heterocycles. The smallest absolute Gasteiger partial charge is 0.282 e. The maximum atomic E-state index is 13.4. The van der Waals surface area contributed by atoms with E-state index in [0.717, 1.165) is 36.9 Å². The number of fused-ring (bicyclic) bond motifs is 1. The van der Waals surface area contributed by atoms with Crippen molar-refractivity contribution in [3.05, 3.63) is 100 Å². The molecule has 1 aromatic heterocycles. The van der Waals surface area contributed by atoms with Crippen molar-refractivity contribution < 1.29 is 9.53 Å². The number of aryl methyl sites for hydroxylation is 1. The highest BCUT2D eigenvalue weighted by atomic mass is 16.5. The quantitative estimate of drug-likeness (QED) is 0.336. The van der Waals surface area contributed by atoms with Crippen LogP contribution in [0.15, 0.2) is 82.7 Å². The molecule has 0 bridgehead atoms. The van der Waals surface area contributed by atoms with Crippen molar-refractivity contribution >= 4 is 28.7 Å². The monoisotopic (exact) mass is 494 g/mol. The van der Waals surface area contributed by atoms with Crippen LogP contribution in [0.25, 0.3) is 10.9 Å². The van der Waals surface area contributed by atoms with Crippen molar-refractivity contribution in [2.24, 2.45) is 5.10 Å². The number of benzene rings is 3. The molecule has 3 aromatic carbocycles. The summed E-state index contributed by atoms with van der Waals surface area (Å²) in [5, 5.41) is 8.02. The third-order valence-corrected chi connectivity index (χ3v) is 6.76. The minimum absolute atomic E-state index is 0.149. The van der Waals surface area contributed by atoms with E-state index in [-0.39, 0.29) is 24.0 Å². The molecule has 1 fully saturated rings. The lowest BCUT2D eigenvalue weighted by Gasteiger charge is -2.22. The molecule has 37 heavy (non-hydrogen) atoms. The summed E-state index contributed by atoms with van der Waals surface area (Å²) in [6.07, 6.45) is 7.06. The number of hydrogen-bond donors (Lipinski definition) is 1. The van der Waals surface area contributed by atoms with Crippen LogP contribution in [-0.2, 0) is 4.79 Å². The van der Waals surface area contributed by atoms with Gasteiger partial charge in [0, 0.05) is 17.2 Å². The molecular weight excluding hydrogens is 464 g/mol. The van der Waals surface area contributed by atoms with E-state index in [2.05, 4.69) is 10.4 Å². The Morgan fingerprint density at radius 3 is 2.59 bits per heavy atom. The first-order valence-corrected chi connectivity index (χ1v) is 12.7. The van der Waals surface area contributed by atoms with Crippen molar-refractivity contribution in [1.82, 2.24) is 9.66 Å². The molecule has 1 heterocycles. The number of carbonyl (C=O) groups excluding carboxylic acids is 1. The lowest BCUT2D eigenvalue weighted by atomic mass is 9.88. The van der Waals surface area contributed by atoms with Gasteiger partial charge >= 0.3 is 0 Å². The van der Waals surface area contributed by atoms with Gasteiger partial charge in [-0.25, -0.2) is 4.98 Å². The first-order valence-electron chi connectivity index (χ1n) is 12.7. The molecule has 7 nitrogen and oxygen atoms in total. The van der Waals surface area contributed by atoms with Crippen molar-refractivity contribution in [3.63, 3.8) is 0 Å². The number of hydrogen-bond acceptors (Lipinski definition) is 5. The van der Waals surface area contributed by atoms with E-state index >= 15 is 0 Å². The van der Waals surface area contributed by atoms with E-state index in [0.29, 0.717) is 28.0 Å². The number of ether oxygens (including phenoxy) is 1. The molecule has 5 rings (SSSR count). The Hall–Kier alpha value is -4.26. The summed E-state index contributed by atoms with van der Waals surface area (Å²) >= 11 is 0. The SMILES string of the molecule is Cc1ccccc1NC(=O)COc1ccccc1C=Nn1c(C2CCCCC2)nc2ccccc2c1=O. The molecule has 0 spiro atoms. The zero-order chi connectivity index (χ0) is 25.6. The predicted molar refractivity (Wildman–Crippen MR) is 147 cm³/mol. The van der Waals surface area contributed by atoms with Crippen molar-refractivity contribution in [3.8, 4) is 5.75 Å². The Morgan fingerprint density at radius 2 is 1.76 bits per heavy atom. The number of amides is 1. The minimum atomic E-state index is -0.254. The maximum absolute atomic E-state index is 13.4. The summed E-state index contributed by atoms with van der Waals surface area (Å²) in [5.74, 6) is 1.15. The van der Waals surface area contributed by atoms with Gasteiger partial charge in [-0.3, -0.25) is 9.59 Å². The van der Waals surface area contributed by atoms with Gasteiger partial charge < -0.3 is 10.1 Å². The Bertz CT molecular complexity index is 1500. The molecule has 1 N–H and O–H groups in total. The van der Waals surface area contributed by atoms with Crippen molar-refractivity contribution in [2.45, 2.75) is 44.9 Å². The molecule has 0 atom stereocenters. The molecule has 1 amide bonds. The van der Waals surface area contributed by atoms with E-state index in [9.17, 15) is 9.59 Å². The molecule has 0 aliphatic heterocycles. The van der Waals surface area contributed by atoms with Gasteiger partial charge in [0.15, 0.2) is 6.61 Å². The third-order valence-electron chi connectivity index (χ3n) is 6.76. The van der Waals surface area contributed by atoms with Gasteiger partial charge in [-0.1, -0.05) is 61.7 Å². The Labute approximate surface area is 215 Å². The lowest BCUT2D eigenvalue weighted by molar-refractivity contribution is -0.118.